The van der Waals surface area contributed by atoms with Crippen molar-refractivity contribution in [3.05, 3.63) is 36.3 Å². The van der Waals surface area contributed by atoms with Crippen LogP contribution >= 0.6 is 0 Å². The molecule has 1 aromatic carbocycles. The van der Waals surface area contributed by atoms with Gasteiger partial charge in [-0.15, -0.1) is 0 Å². The number of aromatic nitrogens is 2. The van der Waals surface area contributed by atoms with Crippen LogP contribution in [-0.2, 0) is 0 Å². The maximum Gasteiger partial charge on any atom is 0.387 e. The van der Waals surface area contributed by atoms with E-state index in [4.69, 9.17) is 0 Å². The van der Waals surface area contributed by atoms with E-state index in [1.54, 1.807) is 18.3 Å². The molecule has 0 aliphatic carbocycles. The van der Waals surface area contributed by atoms with Crippen molar-refractivity contribution < 1.29 is 13.5 Å². The Hall–Kier alpha value is -1.95. The van der Waals surface area contributed by atoms with E-state index < -0.39 is 6.61 Å². The van der Waals surface area contributed by atoms with Crippen molar-refractivity contribution in [3.8, 4) is 17.0 Å². The summed E-state index contributed by atoms with van der Waals surface area (Å²) in [5.74, 6) is 1.08. The topological polar surface area (TPSA) is 49.9 Å². The molecule has 0 spiro atoms. The number of ether oxygens (including phenoxy) is 1. The second-order valence-corrected chi connectivity index (χ2v) is 4.73. The Balaban J connectivity index is 1.75. The zero-order valence-electron chi connectivity index (χ0n) is 10.8. The molecule has 4 nitrogen and oxygen atoms in total. The molecule has 2 N–H and O–H groups in total. The van der Waals surface area contributed by atoms with E-state index in [0.717, 1.165) is 36.5 Å². The number of nitrogens with zero attached hydrogens (tertiary/aromatic N) is 1. The minimum Gasteiger partial charge on any atom is -0.435 e. The first-order valence-corrected chi connectivity index (χ1v) is 6.56. The number of rotatable bonds is 4. The van der Waals surface area contributed by atoms with E-state index in [0.29, 0.717) is 0 Å². The minimum absolute atomic E-state index is 0.154. The van der Waals surface area contributed by atoms with Crippen molar-refractivity contribution in [2.45, 2.75) is 25.5 Å². The predicted molar refractivity (Wildman–Crippen MR) is 70.6 cm³/mol. The Morgan fingerprint density at radius 2 is 2.05 bits per heavy atom. The number of halogens is 2. The first kappa shape index (κ1) is 13.1. The molecule has 3 rings (SSSR count). The molecule has 1 aliphatic rings. The molecule has 0 amide bonds. The molecule has 1 unspecified atom stereocenters. The monoisotopic (exact) mass is 279 g/mol. The van der Waals surface area contributed by atoms with Gasteiger partial charge in [0.1, 0.15) is 11.6 Å². The summed E-state index contributed by atoms with van der Waals surface area (Å²) in [6.45, 7) is -1.78. The number of alkyl halides is 2. The van der Waals surface area contributed by atoms with Gasteiger partial charge in [0.2, 0.25) is 0 Å². The number of benzene rings is 1. The van der Waals surface area contributed by atoms with Crippen LogP contribution in [0.4, 0.5) is 8.78 Å². The minimum atomic E-state index is -2.80. The van der Waals surface area contributed by atoms with Crippen LogP contribution in [0.25, 0.3) is 11.3 Å². The zero-order valence-corrected chi connectivity index (χ0v) is 10.8. The number of hydrogen-bond donors (Lipinski definition) is 2. The largest absolute Gasteiger partial charge is 0.435 e. The highest BCUT2D eigenvalue weighted by atomic mass is 19.3. The van der Waals surface area contributed by atoms with Gasteiger partial charge in [0.15, 0.2) is 0 Å². The van der Waals surface area contributed by atoms with E-state index in [9.17, 15) is 8.78 Å². The van der Waals surface area contributed by atoms with Gasteiger partial charge in [-0.3, -0.25) is 0 Å². The molecular formula is C14H15F2N3O. The van der Waals surface area contributed by atoms with Crippen LogP contribution in [0.1, 0.15) is 24.7 Å². The van der Waals surface area contributed by atoms with Gasteiger partial charge in [0.05, 0.1) is 17.9 Å². The quantitative estimate of drug-likeness (QED) is 0.904. The fraction of sp³-hybridized carbons (Fsp3) is 0.357. The molecule has 1 aliphatic heterocycles. The van der Waals surface area contributed by atoms with Gasteiger partial charge in [-0.25, -0.2) is 4.98 Å². The average molecular weight is 279 g/mol. The first-order chi connectivity index (χ1) is 9.72. The third-order valence-corrected chi connectivity index (χ3v) is 3.38. The molecule has 1 atom stereocenters. The van der Waals surface area contributed by atoms with Crippen molar-refractivity contribution in [3.63, 3.8) is 0 Å². The lowest BCUT2D eigenvalue weighted by Gasteiger charge is -2.06. The van der Waals surface area contributed by atoms with Gasteiger partial charge >= 0.3 is 6.61 Å². The standard InChI is InChI=1S/C14H15F2N3O/c15-14(16)20-10-5-3-9(4-6-10)12-8-18-13(19-12)11-2-1-7-17-11/h3-6,8,11,14,17H,1-2,7H2,(H,18,19). The van der Waals surface area contributed by atoms with Crippen molar-refractivity contribution in [1.82, 2.24) is 15.3 Å². The molecule has 1 aromatic heterocycles. The predicted octanol–water partition coefficient (Wildman–Crippen LogP) is 3.10. The molecule has 2 heterocycles. The summed E-state index contributed by atoms with van der Waals surface area (Å²) >= 11 is 0. The zero-order chi connectivity index (χ0) is 13.9. The normalized spacial score (nSPS) is 18.6. The average Bonchev–Trinajstić information content (AvgIpc) is 3.10. The van der Waals surface area contributed by atoms with Gasteiger partial charge in [0.25, 0.3) is 0 Å². The number of nitrogens with one attached hydrogen (secondary N) is 2. The van der Waals surface area contributed by atoms with Crippen LogP contribution < -0.4 is 10.1 Å². The number of H-pyrrole nitrogens is 1. The van der Waals surface area contributed by atoms with Crippen LogP contribution in [0.2, 0.25) is 0 Å². The van der Waals surface area contributed by atoms with Crippen LogP contribution in [0.3, 0.4) is 0 Å². The summed E-state index contributed by atoms with van der Waals surface area (Å²) in [5.41, 5.74) is 1.76. The molecule has 1 saturated heterocycles. The summed E-state index contributed by atoms with van der Waals surface area (Å²) in [6.07, 6.45) is 3.99. The second kappa shape index (κ2) is 5.58. The Morgan fingerprint density at radius 3 is 2.70 bits per heavy atom. The van der Waals surface area contributed by atoms with Gasteiger partial charge < -0.3 is 15.0 Å². The maximum atomic E-state index is 12.1. The van der Waals surface area contributed by atoms with E-state index in [2.05, 4.69) is 20.0 Å². The molecule has 2 aromatic rings. The van der Waals surface area contributed by atoms with E-state index >= 15 is 0 Å². The Labute approximate surface area is 115 Å². The summed E-state index contributed by atoms with van der Waals surface area (Å²) < 4.78 is 28.5. The summed E-state index contributed by atoms with van der Waals surface area (Å²) in [5, 5.41) is 3.37. The maximum absolute atomic E-state index is 12.1. The lowest BCUT2D eigenvalue weighted by atomic mass is 10.1. The second-order valence-electron chi connectivity index (χ2n) is 4.73. The van der Waals surface area contributed by atoms with Crippen LogP contribution in [0.5, 0.6) is 5.75 Å². The smallest absolute Gasteiger partial charge is 0.387 e. The van der Waals surface area contributed by atoms with Crippen LogP contribution in [0.15, 0.2) is 30.5 Å². The third-order valence-electron chi connectivity index (χ3n) is 3.38. The SMILES string of the molecule is FC(F)Oc1ccc(-c2cnc(C3CCCN3)[nH]2)cc1. The fourth-order valence-electron chi connectivity index (χ4n) is 2.39. The summed E-state index contributed by atoms with van der Waals surface area (Å²) in [6, 6.07) is 6.80. The van der Waals surface area contributed by atoms with E-state index in [1.807, 2.05) is 0 Å². The van der Waals surface area contributed by atoms with Crippen molar-refractivity contribution in [2.75, 3.05) is 6.54 Å². The first-order valence-electron chi connectivity index (χ1n) is 6.56. The summed E-state index contributed by atoms with van der Waals surface area (Å²) in [4.78, 5) is 7.65. The van der Waals surface area contributed by atoms with Gasteiger partial charge in [-0.05, 0) is 49.2 Å². The van der Waals surface area contributed by atoms with Gasteiger partial charge in [-0.2, -0.15) is 8.78 Å². The van der Waals surface area contributed by atoms with Gasteiger partial charge in [0, 0.05) is 0 Å². The van der Waals surface area contributed by atoms with Crippen molar-refractivity contribution >= 4 is 0 Å². The lowest BCUT2D eigenvalue weighted by molar-refractivity contribution is -0.0498. The molecular weight excluding hydrogens is 264 g/mol. The molecule has 1 fully saturated rings. The Bertz CT molecular complexity index is 562. The highest BCUT2D eigenvalue weighted by Crippen LogP contribution is 2.25. The third kappa shape index (κ3) is 2.80. The Kier molecular flexibility index (Phi) is 3.64. The highest BCUT2D eigenvalue weighted by Gasteiger charge is 2.19. The lowest BCUT2D eigenvalue weighted by Crippen LogP contribution is -2.14. The summed E-state index contributed by atoms with van der Waals surface area (Å²) in [7, 11) is 0. The van der Waals surface area contributed by atoms with E-state index in [-0.39, 0.29) is 11.8 Å². The molecule has 0 bridgehead atoms. The Morgan fingerprint density at radius 1 is 1.25 bits per heavy atom. The van der Waals surface area contributed by atoms with E-state index in [1.165, 1.54) is 12.1 Å². The number of hydrogen-bond acceptors (Lipinski definition) is 3. The number of aromatic amines is 1. The number of imidazole rings is 1. The molecule has 20 heavy (non-hydrogen) atoms. The molecule has 0 saturated carbocycles. The molecule has 0 radical (unpaired) electrons. The molecule has 106 valence electrons. The fourth-order valence-corrected chi connectivity index (χ4v) is 2.39. The van der Waals surface area contributed by atoms with Crippen LogP contribution in [-0.4, -0.2) is 23.1 Å². The van der Waals surface area contributed by atoms with Crippen molar-refractivity contribution in [2.24, 2.45) is 0 Å². The van der Waals surface area contributed by atoms with Crippen LogP contribution in [0, 0.1) is 0 Å². The van der Waals surface area contributed by atoms with Crippen molar-refractivity contribution in [1.29, 1.82) is 0 Å². The highest BCUT2D eigenvalue weighted by molar-refractivity contribution is 5.59. The van der Waals surface area contributed by atoms with Gasteiger partial charge in [-0.1, -0.05) is 0 Å². The molecule has 6 heteroatoms.